The van der Waals surface area contributed by atoms with Crippen molar-refractivity contribution < 1.29 is 0 Å². The molecule has 0 bridgehead atoms. The molecule has 144 valence electrons. The molecule has 1 fully saturated rings. The summed E-state index contributed by atoms with van der Waals surface area (Å²) in [7, 11) is 0. The second-order valence-electron chi connectivity index (χ2n) is 7.29. The average molecular weight is 374 g/mol. The summed E-state index contributed by atoms with van der Waals surface area (Å²) in [6, 6.07) is 10.5. The van der Waals surface area contributed by atoms with E-state index in [9.17, 15) is 0 Å². The lowest BCUT2D eigenvalue weighted by molar-refractivity contribution is 0.181. The van der Waals surface area contributed by atoms with Gasteiger partial charge in [-0.15, -0.1) is 0 Å². The summed E-state index contributed by atoms with van der Waals surface area (Å²) in [4.78, 5) is 19.5. The van der Waals surface area contributed by atoms with E-state index in [1.165, 1.54) is 38.8 Å². The van der Waals surface area contributed by atoms with E-state index in [-0.39, 0.29) is 0 Å². The van der Waals surface area contributed by atoms with E-state index in [0.29, 0.717) is 6.04 Å². The molecule has 0 radical (unpaired) electrons. The molecule has 28 heavy (non-hydrogen) atoms. The molecule has 1 N–H and O–H groups in total. The van der Waals surface area contributed by atoms with Gasteiger partial charge in [0.05, 0.1) is 5.69 Å². The molecule has 0 amide bonds. The number of hydrogen-bond donors (Lipinski definition) is 1. The number of nitrogens with one attached hydrogen (secondary N) is 1. The van der Waals surface area contributed by atoms with Crippen molar-refractivity contribution >= 4 is 6.08 Å². The molecular formula is C23H27N5. The summed E-state index contributed by atoms with van der Waals surface area (Å²) < 4.78 is 0. The second-order valence-corrected chi connectivity index (χ2v) is 7.29. The highest BCUT2D eigenvalue weighted by Gasteiger charge is 2.19. The highest BCUT2D eigenvalue weighted by Crippen LogP contribution is 2.21. The summed E-state index contributed by atoms with van der Waals surface area (Å²) in [5.41, 5.74) is 2.80. The number of piperidine rings is 1. The quantitative estimate of drug-likeness (QED) is 0.673. The number of aromatic nitrogens is 4. The predicted octanol–water partition coefficient (Wildman–Crippen LogP) is 4.81. The highest BCUT2D eigenvalue weighted by atomic mass is 15.2. The van der Waals surface area contributed by atoms with Crippen LogP contribution in [0.2, 0.25) is 0 Å². The van der Waals surface area contributed by atoms with Gasteiger partial charge in [-0.2, -0.15) is 0 Å². The average Bonchev–Trinajstić information content (AvgIpc) is 3.23. The molecule has 1 aromatic carbocycles. The van der Waals surface area contributed by atoms with E-state index < -0.39 is 0 Å². The first kappa shape index (κ1) is 18.6. The van der Waals surface area contributed by atoms with Crippen LogP contribution in [0.25, 0.3) is 28.7 Å². The predicted molar refractivity (Wildman–Crippen MR) is 114 cm³/mol. The van der Waals surface area contributed by atoms with Gasteiger partial charge in [0.1, 0.15) is 5.82 Å². The van der Waals surface area contributed by atoms with E-state index in [0.717, 1.165) is 28.5 Å². The first-order valence-corrected chi connectivity index (χ1v) is 10.2. The van der Waals surface area contributed by atoms with E-state index >= 15 is 0 Å². The Kier molecular flexibility index (Phi) is 5.92. The van der Waals surface area contributed by atoms with Crippen molar-refractivity contribution in [3.63, 3.8) is 0 Å². The number of H-pyrrole nitrogens is 1. The van der Waals surface area contributed by atoms with E-state index in [4.69, 9.17) is 4.98 Å². The number of imidazole rings is 1. The molecule has 4 rings (SSSR count). The van der Waals surface area contributed by atoms with Gasteiger partial charge < -0.3 is 4.98 Å². The molecule has 1 aliphatic heterocycles. The highest BCUT2D eigenvalue weighted by molar-refractivity contribution is 5.61. The first-order valence-electron chi connectivity index (χ1n) is 10.2. The molecule has 3 heterocycles. The molecular weight excluding hydrogens is 346 g/mol. The van der Waals surface area contributed by atoms with Crippen LogP contribution in [0.1, 0.15) is 38.4 Å². The summed E-state index contributed by atoms with van der Waals surface area (Å²) in [6.45, 7) is 4.63. The van der Waals surface area contributed by atoms with Crippen LogP contribution in [0.3, 0.4) is 0 Å². The molecule has 2 aromatic heterocycles. The molecule has 1 atom stereocenters. The van der Waals surface area contributed by atoms with Crippen molar-refractivity contribution in [2.75, 3.05) is 13.1 Å². The Balaban J connectivity index is 1.45. The Bertz CT molecular complexity index is 896. The molecule has 1 saturated heterocycles. The second kappa shape index (κ2) is 8.93. The number of benzene rings is 1. The fourth-order valence-corrected chi connectivity index (χ4v) is 3.77. The zero-order valence-corrected chi connectivity index (χ0v) is 16.4. The topological polar surface area (TPSA) is 57.7 Å². The molecule has 0 aliphatic carbocycles. The SMILES string of the molecule is CCCN1CCCC[C@H]1/C=C/c1nc(-c2cnc(-c3ccccc3)nc2)c[nH]1. The fourth-order valence-electron chi connectivity index (χ4n) is 3.77. The number of aromatic amines is 1. The Labute approximate surface area is 166 Å². The van der Waals surface area contributed by atoms with Crippen LogP contribution in [-0.2, 0) is 0 Å². The van der Waals surface area contributed by atoms with Crippen molar-refractivity contribution in [2.24, 2.45) is 0 Å². The molecule has 1 aliphatic rings. The Morgan fingerprint density at radius 1 is 1.11 bits per heavy atom. The van der Waals surface area contributed by atoms with Crippen LogP contribution in [-0.4, -0.2) is 44.0 Å². The van der Waals surface area contributed by atoms with Crippen LogP contribution >= 0.6 is 0 Å². The summed E-state index contributed by atoms with van der Waals surface area (Å²) in [6.07, 6.45) is 15.1. The van der Waals surface area contributed by atoms with Gasteiger partial charge in [0.15, 0.2) is 5.82 Å². The maximum absolute atomic E-state index is 4.70. The van der Waals surface area contributed by atoms with Crippen LogP contribution < -0.4 is 0 Å². The third-order valence-electron chi connectivity index (χ3n) is 5.23. The smallest absolute Gasteiger partial charge is 0.159 e. The zero-order valence-electron chi connectivity index (χ0n) is 16.4. The van der Waals surface area contributed by atoms with Crippen molar-refractivity contribution in [2.45, 2.75) is 38.6 Å². The largest absolute Gasteiger partial charge is 0.344 e. The Morgan fingerprint density at radius 2 is 1.93 bits per heavy atom. The van der Waals surface area contributed by atoms with Gasteiger partial charge in [-0.3, -0.25) is 4.90 Å². The zero-order chi connectivity index (χ0) is 19.2. The molecule has 5 heteroatoms. The van der Waals surface area contributed by atoms with Crippen molar-refractivity contribution in [1.29, 1.82) is 0 Å². The van der Waals surface area contributed by atoms with E-state index in [2.05, 4.69) is 38.9 Å². The van der Waals surface area contributed by atoms with Gasteiger partial charge in [0, 0.05) is 35.8 Å². The monoisotopic (exact) mass is 373 g/mol. The van der Waals surface area contributed by atoms with Crippen LogP contribution in [0.15, 0.2) is 55.0 Å². The lowest BCUT2D eigenvalue weighted by Crippen LogP contribution is -2.38. The maximum Gasteiger partial charge on any atom is 0.159 e. The third-order valence-corrected chi connectivity index (χ3v) is 5.23. The van der Waals surface area contributed by atoms with Crippen molar-refractivity contribution in [1.82, 2.24) is 24.8 Å². The van der Waals surface area contributed by atoms with Crippen LogP contribution in [0, 0.1) is 0 Å². The number of hydrogen-bond acceptors (Lipinski definition) is 4. The number of rotatable bonds is 6. The minimum Gasteiger partial charge on any atom is -0.344 e. The lowest BCUT2D eigenvalue weighted by Gasteiger charge is -2.33. The molecule has 0 saturated carbocycles. The van der Waals surface area contributed by atoms with Gasteiger partial charge in [0.25, 0.3) is 0 Å². The van der Waals surface area contributed by atoms with Gasteiger partial charge in [-0.1, -0.05) is 49.8 Å². The van der Waals surface area contributed by atoms with Crippen LogP contribution in [0.5, 0.6) is 0 Å². The number of likely N-dealkylation sites (tertiary alicyclic amines) is 1. The molecule has 0 spiro atoms. The summed E-state index contributed by atoms with van der Waals surface area (Å²) >= 11 is 0. The van der Waals surface area contributed by atoms with Gasteiger partial charge >= 0.3 is 0 Å². The van der Waals surface area contributed by atoms with Crippen molar-refractivity contribution in [3.05, 3.63) is 60.8 Å². The van der Waals surface area contributed by atoms with Crippen LogP contribution in [0.4, 0.5) is 0 Å². The Hall–Kier alpha value is -2.79. The van der Waals surface area contributed by atoms with Gasteiger partial charge in [0.2, 0.25) is 0 Å². The number of nitrogens with zero attached hydrogens (tertiary/aromatic N) is 4. The minimum atomic E-state index is 0.524. The molecule has 0 unspecified atom stereocenters. The fraction of sp³-hybridized carbons (Fsp3) is 0.348. The lowest BCUT2D eigenvalue weighted by atomic mass is 10.0. The van der Waals surface area contributed by atoms with E-state index in [1.807, 2.05) is 48.9 Å². The first-order chi connectivity index (χ1) is 13.8. The Morgan fingerprint density at radius 3 is 2.71 bits per heavy atom. The standard InChI is InChI=1S/C23H27N5/c1-2-13-28-14-7-6-10-20(28)11-12-22-24-17-21(27-22)19-15-25-23(26-16-19)18-8-4-3-5-9-18/h3-5,8-9,11-12,15-17,20H,2,6-7,10,13-14H2,1H3,(H,24,27)/b12-11+/t20-/m0/s1. The van der Waals surface area contributed by atoms with Gasteiger partial charge in [-0.05, 0) is 38.4 Å². The molecule has 5 nitrogen and oxygen atoms in total. The van der Waals surface area contributed by atoms with Gasteiger partial charge in [-0.25, -0.2) is 15.0 Å². The minimum absolute atomic E-state index is 0.524. The third kappa shape index (κ3) is 4.37. The normalized spacial score (nSPS) is 18.0. The van der Waals surface area contributed by atoms with E-state index in [1.54, 1.807) is 0 Å². The summed E-state index contributed by atoms with van der Waals surface area (Å²) in [5.74, 6) is 1.61. The maximum atomic E-state index is 4.70. The molecule has 3 aromatic rings. The summed E-state index contributed by atoms with van der Waals surface area (Å²) in [5, 5.41) is 0. The van der Waals surface area contributed by atoms with Crippen molar-refractivity contribution in [3.8, 4) is 22.6 Å².